The Morgan fingerprint density at radius 2 is 1.96 bits per heavy atom. The van der Waals surface area contributed by atoms with E-state index in [1.165, 1.54) is 6.42 Å². The first-order valence-corrected chi connectivity index (χ1v) is 9.49. The van der Waals surface area contributed by atoms with Crippen molar-refractivity contribution in [3.05, 3.63) is 11.9 Å². The molecule has 6 heteroatoms. The maximum atomic E-state index is 13.1. The van der Waals surface area contributed by atoms with E-state index in [1.54, 1.807) is 0 Å². The van der Waals surface area contributed by atoms with E-state index < -0.39 is 0 Å². The lowest BCUT2D eigenvalue weighted by atomic mass is 9.95. The first kappa shape index (κ1) is 17.4. The summed E-state index contributed by atoms with van der Waals surface area (Å²) < 4.78 is 1.90. The van der Waals surface area contributed by atoms with E-state index in [9.17, 15) is 4.79 Å². The van der Waals surface area contributed by atoms with Crippen LogP contribution in [-0.4, -0.2) is 51.5 Å². The van der Waals surface area contributed by atoms with Gasteiger partial charge in [-0.2, -0.15) is 0 Å². The zero-order valence-corrected chi connectivity index (χ0v) is 15.2. The van der Waals surface area contributed by atoms with Crippen molar-refractivity contribution in [1.29, 1.82) is 0 Å². The van der Waals surface area contributed by atoms with Crippen LogP contribution in [0.4, 0.5) is 0 Å². The fraction of sp³-hybridized carbons (Fsp3) is 0.833. The molecular formula is C18H31N5O. The lowest BCUT2D eigenvalue weighted by Gasteiger charge is -2.32. The van der Waals surface area contributed by atoms with Crippen LogP contribution in [-0.2, 0) is 0 Å². The van der Waals surface area contributed by atoms with Crippen molar-refractivity contribution in [1.82, 2.24) is 25.2 Å². The Morgan fingerprint density at radius 1 is 1.21 bits per heavy atom. The van der Waals surface area contributed by atoms with Gasteiger partial charge in [0.25, 0.3) is 5.91 Å². The molecule has 2 fully saturated rings. The number of hydrogen-bond donors (Lipinski definition) is 1. The summed E-state index contributed by atoms with van der Waals surface area (Å²) >= 11 is 0. The molecule has 1 amide bonds. The summed E-state index contributed by atoms with van der Waals surface area (Å²) in [5.41, 5.74) is 0.508. The fourth-order valence-corrected chi connectivity index (χ4v) is 4.00. The predicted octanol–water partition coefficient (Wildman–Crippen LogP) is 2.49. The van der Waals surface area contributed by atoms with Crippen molar-refractivity contribution in [3.8, 4) is 0 Å². The second-order valence-corrected chi connectivity index (χ2v) is 7.85. The van der Waals surface area contributed by atoms with Gasteiger partial charge in [0.15, 0.2) is 5.69 Å². The second kappa shape index (κ2) is 7.64. The Labute approximate surface area is 145 Å². The van der Waals surface area contributed by atoms with Crippen LogP contribution in [0.25, 0.3) is 0 Å². The molecule has 134 valence electrons. The van der Waals surface area contributed by atoms with Crippen LogP contribution < -0.4 is 5.32 Å². The average molecular weight is 333 g/mol. The van der Waals surface area contributed by atoms with Gasteiger partial charge in [0.2, 0.25) is 0 Å². The minimum atomic E-state index is 0.0583. The molecule has 0 saturated carbocycles. The van der Waals surface area contributed by atoms with E-state index >= 15 is 0 Å². The van der Waals surface area contributed by atoms with Crippen LogP contribution >= 0.6 is 0 Å². The number of amides is 1. The standard InChI is InChI=1S/C18H31N5O/c1-13(2)17-5-4-14(3)8-11-22(17)18(24)16-12-23(21-20-16)15-6-9-19-10-7-15/h12-15,17,19H,4-11H2,1-3H3. The van der Waals surface area contributed by atoms with Crippen LogP contribution in [0, 0.1) is 11.8 Å². The number of likely N-dealkylation sites (tertiary alicyclic amines) is 1. The zero-order chi connectivity index (χ0) is 17.1. The van der Waals surface area contributed by atoms with Crippen LogP contribution in [0.15, 0.2) is 6.20 Å². The maximum Gasteiger partial charge on any atom is 0.276 e. The minimum absolute atomic E-state index is 0.0583. The number of carbonyl (C=O) groups is 1. The summed E-state index contributed by atoms with van der Waals surface area (Å²) in [7, 11) is 0. The van der Waals surface area contributed by atoms with Gasteiger partial charge in [0, 0.05) is 12.6 Å². The molecule has 2 unspecified atom stereocenters. The van der Waals surface area contributed by atoms with Gasteiger partial charge >= 0.3 is 0 Å². The number of hydrogen-bond acceptors (Lipinski definition) is 4. The molecule has 0 aromatic carbocycles. The third kappa shape index (κ3) is 3.79. The van der Waals surface area contributed by atoms with E-state index in [2.05, 4.69) is 41.3 Å². The Kier molecular flexibility index (Phi) is 5.54. The Balaban J connectivity index is 1.75. The monoisotopic (exact) mass is 333 g/mol. The molecule has 1 aromatic heterocycles. The quantitative estimate of drug-likeness (QED) is 0.923. The van der Waals surface area contributed by atoms with E-state index in [-0.39, 0.29) is 5.91 Å². The molecule has 2 saturated heterocycles. The highest BCUT2D eigenvalue weighted by Gasteiger charge is 2.31. The summed E-state index contributed by atoms with van der Waals surface area (Å²) in [6.45, 7) is 9.57. The van der Waals surface area contributed by atoms with Crippen molar-refractivity contribution in [3.63, 3.8) is 0 Å². The predicted molar refractivity (Wildman–Crippen MR) is 93.8 cm³/mol. The molecule has 3 rings (SSSR count). The molecule has 0 bridgehead atoms. The summed E-state index contributed by atoms with van der Waals surface area (Å²) in [5, 5.41) is 11.8. The molecular weight excluding hydrogens is 302 g/mol. The van der Waals surface area contributed by atoms with Gasteiger partial charge in [0.1, 0.15) is 0 Å². The van der Waals surface area contributed by atoms with Crippen molar-refractivity contribution in [2.45, 2.75) is 65.0 Å². The molecule has 0 aliphatic carbocycles. The number of nitrogens with one attached hydrogen (secondary N) is 1. The molecule has 2 aliphatic rings. The van der Waals surface area contributed by atoms with E-state index in [0.717, 1.165) is 45.3 Å². The van der Waals surface area contributed by atoms with E-state index in [0.29, 0.717) is 29.6 Å². The molecule has 1 aromatic rings. The third-order valence-corrected chi connectivity index (χ3v) is 5.66. The summed E-state index contributed by atoms with van der Waals surface area (Å²) in [4.78, 5) is 15.1. The molecule has 2 aliphatic heterocycles. The Hall–Kier alpha value is -1.43. The summed E-state index contributed by atoms with van der Waals surface area (Å²) in [6.07, 6.45) is 7.34. The first-order valence-electron chi connectivity index (χ1n) is 9.49. The zero-order valence-electron chi connectivity index (χ0n) is 15.2. The van der Waals surface area contributed by atoms with Crippen molar-refractivity contribution >= 4 is 5.91 Å². The molecule has 1 N–H and O–H groups in total. The van der Waals surface area contributed by atoms with Gasteiger partial charge in [0.05, 0.1) is 12.2 Å². The number of aromatic nitrogens is 3. The second-order valence-electron chi connectivity index (χ2n) is 7.85. The van der Waals surface area contributed by atoms with Gasteiger partial charge in [-0.05, 0) is 57.0 Å². The highest BCUT2D eigenvalue weighted by molar-refractivity contribution is 5.92. The lowest BCUT2D eigenvalue weighted by Crippen LogP contribution is -2.43. The number of rotatable bonds is 3. The smallest absolute Gasteiger partial charge is 0.276 e. The Morgan fingerprint density at radius 3 is 2.67 bits per heavy atom. The molecule has 0 radical (unpaired) electrons. The van der Waals surface area contributed by atoms with Gasteiger partial charge in [-0.15, -0.1) is 5.10 Å². The topological polar surface area (TPSA) is 63.1 Å². The first-order chi connectivity index (χ1) is 11.6. The average Bonchev–Trinajstić information content (AvgIpc) is 2.99. The normalized spacial score (nSPS) is 26.6. The third-order valence-electron chi connectivity index (χ3n) is 5.66. The molecule has 24 heavy (non-hydrogen) atoms. The molecule has 6 nitrogen and oxygen atoms in total. The fourth-order valence-electron chi connectivity index (χ4n) is 4.00. The van der Waals surface area contributed by atoms with Crippen LogP contribution in [0.1, 0.15) is 69.4 Å². The van der Waals surface area contributed by atoms with Gasteiger partial charge in [-0.3, -0.25) is 4.79 Å². The number of carbonyl (C=O) groups excluding carboxylic acids is 1. The Bertz CT molecular complexity index is 549. The summed E-state index contributed by atoms with van der Waals surface area (Å²) in [6, 6.07) is 0.678. The van der Waals surface area contributed by atoms with Crippen LogP contribution in [0.3, 0.4) is 0 Å². The van der Waals surface area contributed by atoms with E-state index in [1.807, 2.05) is 10.9 Å². The maximum absolute atomic E-state index is 13.1. The van der Waals surface area contributed by atoms with Crippen molar-refractivity contribution in [2.75, 3.05) is 19.6 Å². The van der Waals surface area contributed by atoms with Crippen molar-refractivity contribution in [2.24, 2.45) is 11.8 Å². The number of piperidine rings is 1. The van der Waals surface area contributed by atoms with Crippen molar-refractivity contribution < 1.29 is 4.79 Å². The largest absolute Gasteiger partial charge is 0.334 e. The van der Waals surface area contributed by atoms with Crippen LogP contribution in [0.2, 0.25) is 0 Å². The summed E-state index contributed by atoms with van der Waals surface area (Å²) in [5.74, 6) is 1.22. The van der Waals surface area contributed by atoms with Crippen LogP contribution in [0.5, 0.6) is 0 Å². The lowest BCUT2D eigenvalue weighted by molar-refractivity contribution is 0.0625. The SMILES string of the molecule is CC1CCC(C(C)C)N(C(=O)c2cn(C3CCNCC3)nn2)CC1. The molecule has 0 spiro atoms. The highest BCUT2D eigenvalue weighted by Crippen LogP contribution is 2.27. The number of nitrogens with zero attached hydrogens (tertiary/aromatic N) is 4. The van der Waals surface area contributed by atoms with Gasteiger partial charge in [-0.1, -0.05) is 26.0 Å². The van der Waals surface area contributed by atoms with E-state index in [4.69, 9.17) is 0 Å². The molecule has 2 atom stereocenters. The van der Waals surface area contributed by atoms with Gasteiger partial charge < -0.3 is 10.2 Å². The van der Waals surface area contributed by atoms with Gasteiger partial charge in [-0.25, -0.2) is 4.68 Å². The molecule has 3 heterocycles. The minimum Gasteiger partial charge on any atom is -0.334 e. The highest BCUT2D eigenvalue weighted by atomic mass is 16.2.